The van der Waals surface area contributed by atoms with Crippen LogP contribution in [-0.4, -0.2) is 20.7 Å². The van der Waals surface area contributed by atoms with Crippen LogP contribution in [0, 0.1) is 0 Å². The number of aromatic nitrogens is 3. The van der Waals surface area contributed by atoms with Crippen molar-refractivity contribution in [2.75, 3.05) is 5.32 Å². The largest absolute Gasteiger partial charge is 0.296 e. The fraction of sp³-hybridized carbons (Fsp3) is 0.143. The maximum Gasteiger partial charge on any atom is 0.277 e. The highest BCUT2D eigenvalue weighted by molar-refractivity contribution is 7.22. The molecule has 0 fully saturated rings. The van der Waals surface area contributed by atoms with Crippen molar-refractivity contribution in [2.45, 2.75) is 19.9 Å². The van der Waals surface area contributed by atoms with Gasteiger partial charge in [0, 0.05) is 6.07 Å². The molecule has 0 aliphatic heterocycles. The normalized spacial score (nSPS) is 10.9. The Hall–Kier alpha value is -3.32. The predicted molar refractivity (Wildman–Crippen MR) is 111 cm³/mol. The lowest BCUT2D eigenvalue weighted by Crippen LogP contribution is -2.26. The summed E-state index contributed by atoms with van der Waals surface area (Å²) in [6.45, 7) is 2.41. The average molecular weight is 390 g/mol. The van der Waals surface area contributed by atoms with Gasteiger partial charge in [-0.05, 0) is 35.7 Å². The summed E-state index contributed by atoms with van der Waals surface area (Å²) < 4.78 is 2.31. The van der Waals surface area contributed by atoms with E-state index in [-0.39, 0.29) is 11.3 Å². The molecule has 6 nitrogen and oxygen atoms in total. The molecule has 0 saturated heterocycles. The van der Waals surface area contributed by atoms with Crippen LogP contribution in [0.3, 0.4) is 0 Å². The Bertz CT molecular complexity index is 1200. The van der Waals surface area contributed by atoms with Crippen molar-refractivity contribution in [2.24, 2.45) is 0 Å². The lowest BCUT2D eigenvalue weighted by molar-refractivity contribution is 0.102. The fourth-order valence-electron chi connectivity index (χ4n) is 2.84. The van der Waals surface area contributed by atoms with E-state index in [1.54, 1.807) is 0 Å². The van der Waals surface area contributed by atoms with Crippen LogP contribution in [0.2, 0.25) is 0 Å². The summed E-state index contributed by atoms with van der Waals surface area (Å²) in [5, 5.41) is 7.51. The van der Waals surface area contributed by atoms with Gasteiger partial charge in [-0.3, -0.25) is 14.9 Å². The van der Waals surface area contributed by atoms with Gasteiger partial charge in [-0.15, -0.1) is 0 Å². The van der Waals surface area contributed by atoms with Crippen LogP contribution >= 0.6 is 11.3 Å². The number of hydrogen-bond donors (Lipinski definition) is 1. The topological polar surface area (TPSA) is 76.9 Å². The first kappa shape index (κ1) is 18.1. The van der Waals surface area contributed by atoms with Crippen molar-refractivity contribution < 1.29 is 4.79 Å². The quantitative estimate of drug-likeness (QED) is 0.563. The molecule has 2 aromatic carbocycles. The molecule has 0 bridgehead atoms. The van der Waals surface area contributed by atoms with Crippen LogP contribution in [0.15, 0.2) is 65.5 Å². The summed E-state index contributed by atoms with van der Waals surface area (Å²) in [5.74, 6) is -0.392. The second-order valence-electron chi connectivity index (χ2n) is 6.33. The van der Waals surface area contributed by atoms with E-state index in [1.165, 1.54) is 33.7 Å². The van der Waals surface area contributed by atoms with Crippen molar-refractivity contribution in [1.29, 1.82) is 0 Å². The average Bonchev–Trinajstić information content (AvgIpc) is 3.11. The van der Waals surface area contributed by atoms with E-state index in [9.17, 15) is 9.59 Å². The Labute approximate surface area is 165 Å². The SMILES string of the molecule is CCc1ccc2nc(NC(=O)c3ccc(=O)n(Cc4ccccc4)n3)sc2c1. The van der Waals surface area contributed by atoms with Gasteiger partial charge in [0.05, 0.1) is 16.8 Å². The standard InChI is InChI=1S/C21H18N4O2S/c1-2-14-8-9-16-18(12-14)28-21(22-16)23-20(27)17-10-11-19(26)25(24-17)13-15-6-4-3-5-7-15/h3-12H,2,13H2,1H3,(H,22,23,27). The summed E-state index contributed by atoms with van der Waals surface area (Å²) >= 11 is 1.42. The first-order chi connectivity index (χ1) is 13.6. The zero-order valence-electron chi connectivity index (χ0n) is 15.3. The van der Waals surface area contributed by atoms with Crippen molar-refractivity contribution in [3.63, 3.8) is 0 Å². The highest BCUT2D eigenvalue weighted by Gasteiger charge is 2.13. The second-order valence-corrected chi connectivity index (χ2v) is 7.36. The van der Waals surface area contributed by atoms with Gasteiger partial charge in [-0.1, -0.05) is 54.7 Å². The van der Waals surface area contributed by atoms with E-state index in [0.717, 1.165) is 22.2 Å². The van der Waals surface area contributed by atoms with Gasteiger partial charge in [-0.2, -0.15) is 5.10 Å². The summed E-state index contributed by atoms with van der Waals surface area (Å²) in [5.41, 5.74) is 2.92. The molecule has 7 heteroatoms. The summed E-state index contributed by atoms with van der Waals surface area (Å²) in [6, 6.07) is 18.4. The zero-order chi connectivity index (χ0) is 19.5. The first-order valence-electron chi connectivity index (χ1n) is 8.95. The minimum absolute atomic E-state index is 0.170. The summed E-state index contributed by atoms with van der Waals surface area (Å²) in [4.78, 5) is 29.2. The van der Waals surface area contributed by atoms with Gasteiger partial charge in [-0.25, -0.2) is 9.67 Å². The molecule has 0 unspecified atom stereocenters. The van der Waals surface area contributed by atoms with E-state index < -0.39 is 5.91 Å². The Balaban J connectivity index is 1.56. The number of carbonyl (C=O) groups is 1. The number of aryl methyl sites for hydroxylation is 1. The van der Waals surface area contributed by atoms with Crippen LogP contribution in [0.5, 0.6) is 0 Å². The number of anilines is 1. The molecule has 28 heavy (non-hydrogen) atoms. The maximum absolute atomic E-state index is 12.6. The van der Waals surface area contributed by atoms with E-state index >= 15 is 0 Å². The second kappa shape index (κ2) is 7.74. The van der Waals surface area contributed by atoms with E-state index in [0.29, 0.717) is 11.7 Å². The van der Waals surface area contributed by atoms with Gasteiger partial charge in [0.25, 0.3) is 11.5 Å². The van der Waals surface area contributed by atoms with Crippen molar-refractivity contribution in [3.05, 3.63) is 87.8 Å². The fourth-order valence-corrected chi connectivity index (χ4v) is 3.77. The third-order valence-electron chi connectivity index (χ3n) is 4.36. The zero-order valence-corrected chi connectivity index (χ0v) is 16.1. The van der Waals surface area contributed by atoms with Gasteiger partial charge >= 0.3 is 0 Å². The van der Waals surface area contributed by atoms with Crippen molar-refractivity contribution >= 4 is 32.6 Å². The Morgan fingerprint density at radius 2 is 1.89 bits per heavy atom. The van der Waals surface area contributed by atoms with E-state index in [4.69, 9.17) is 0 Å². The molecule has 4 aromatic rings. The lowest BCUT2D eigenvalue weighted by Gasteiger charge is -2.07. The molecule has 0 saturated carbocycles. The van der Waals surface area contributed by atoms with E-state index in [2.05, 4.69) is 28.4 Å². The Morgan fingerprint density at radius 1 is 1.07 bits per heavy atom. The molecule has 1 amide bonds. The molecule has 0 aliphatic carbocycles. The maximum atomic E-state index is 12.6. The lowest BCUT2D eigenvalue weighted by atomic mass is 10.2. The number of thiazole rings is 1. The number of benzene rings is 2. The van der Waals surface area contributed by atoms with Crippen LogP contribution in [0.4, 0.5) is 5.13 Å². The van der Waals surface area contributed by atoms with Crippen LogP contribution < -0.4 is 10.9 Å². The minimum Gasteiger partial charge on any atom is -0.296 e. The van der Waals surface area contributed by atoms with Crippen LogP contribution in [0.1, 0.15) is 28.5 Å². The van der Waals surface area contributed by atoms with Gasteiger partial charge in [0.1, 0.15) is 5.69 Å². The molecule has 4 rings (SSSR count). The number of hydrogen-bond acceptors (Lipinski definition) is 5. The molecule has 0 atom stereocenters. The molecular formula is C21H18N4O2S. The third-order valence-corrected chi connectivity index (χ3v) is 5.29. The number of amides is 1. The van der Waals surface area contributed by atoms with Gasteiger partial charge in [0.15, 0.2) is 5.13 Å². The number of nitrogens with one attached hydrogen (secondary N) is 1. The molecule has 0 aliphatic rings. The third kappa shape index (κ3) is 3.84. The van der Waals surface area contributed by atoms with Gasteiger partial charge in [0.2, 0.25) is 0 Å². The molecule has 2 aromatic heterocycles. The molecular weight excluding hydrogens is 372 g/mol. The number of nitrogens with zero attached hydrogens (tertiary/aromatic N) is 3. The molecule has 140 valence electrons. The Morgan fingerprint density at radius 3 is 2.68 bits per heavy atom. The predicted octanol–water partition coefficient (Wildman–Crippen LogP) is 3.72. The van der Waals surface area contributed by atoms with E-state index in [1.807, 2.05) is 42.5 Å². The number of fused-ring (bicyclic) bond motifs is 1. The monoisotopic (exact) mass is 390 g/mol. The number of rotatable bonds is 5. The molecule has 1 N–H and O–H groups in total. The van der Waals surface area contributed by atoms with Crippen molar-refractivity contribution in [3.8, 4) is 0 Å². The summed E-state index contributed by atoms with van der Waals surface area (Å²) in [7, 11) is 0. The minimum atomic E-state index is -0.392. The Kier molecular flexibility index (Phi) is 4.99. The van der Waals surface area contributed by atoms with Gasteiger partial charge < -0.3 is 0 Å². The molecule has 0 spiro atoms. The van der Waals surface area contributed by atoms with Crippen molar-refractivity contribution in [1.82, 2.24) is 14.8 Å². The van der Waals surface area contributed by atoms with Crippen LogP contribution in [0.25, 0.3) is 10.2 Å². The highest BCUT2D eigenvalue weighted by Crippen LogP contribution is 2.27. The number of carbonyl (C=O) groups excluding carboxylic acids is 1. The smallest absolute Gasteiger partial charge is 0.277 e. The highest BCUT2D eigenvalue weighted by atomic mass is 32.1. The molecule has 2 heterocycles. The van der Waals surface area contributed by atoms with Crippen LogP contribution in [-0.2, 0) is 13.0 Å². The first-order valence-corrected chi connectivity index (χ1v) is 9.77. The summed E-state index contributed by atoms with van der Waals surface area (Å²) in [6.07, 6.45) is 0.947. The molecule has 0 radical (unpaired) electrons.